The van der Waals surface area contributed by atoms with Crippen LogP contribution in [0.1, 0.15) is 46.5 Å². The SMILES string of the molecule is CC(C)COCCC1CC(C)CCC1O. The monoisotopic (exact) mass is 214 g/mol. The minimum absolute atomic E-state index is 0.0798. The van der Waals surface area contributed by atoms with Crippen LogP contribution in [0.2, 0.25) is 0 Å². The fourth-order valence-corrected chi connectivity index (χ4v) is 2.35. The maximum Gasteiger partial charge on any atom is 0.0569 e. The molecule has 3 atom stereocenters. The molecular weight excluding hydrogens is 188 g/mol. The quantitative estimate of drug-likeness (QED) is 0.713. The fourth-order valence-electron chi connectivity index (χ4n) is 2.35. The van der Waals surface area contributed by atoms with E-state index in [9.17, 15) is 5.11 Å². The Kier molecular flexibility index (Phi) is 5.62. The van der Waals surface area contributed by atoms with Crippen LogP contribution in [0, 0.1) is 17.8 Å². The largest absolute Gasteiger partial charge is 0.393 e. The average Bonchev–Trinajstić information content (AvgIpc) is 2.17. The molecule has 0 amide bonds. The molecule has 3 unspecified atom stereocenters. The second-order valence-electron chi connectivity index (χ2n) is 5.50. The van der Waals surface area contributed by atoms with Gasteiger partial charge in [-0.1, -0.05) is 20.8 Å². The molecule has 2 heteroatoms. The smallest absolute Gasteiger partial charge is 0.0569 e. The first-order chi connectivity index (χ1) is 7.09. The highest BCUT2D eigenvalue weighted by atomic mass is 16.5. The van der Waals surface area contributed by atoms with Gasteiger partial charge in [-0.05, 0) is 43.4 Å². The lowest BCUT2D eigenvalue weighted by molar-refractivity contribution is 0.0222. The van der Waals surface area contributed by atoms with E-state index in [0.29, 0.717) is 11.8 Å². The molecule has 0 spiro atoms. The van der Waals surface area contributed by atoms with E-state index in [2.05, 4.69) is 20.8 Å². The van der Waals surface area contributed by atoms with E-state index in [-0.39, 0.29) is 6.10 Å². The Labute approximate surface area is 94.0 Å². The van der Waals surface area contributed by atoms with Crippen LogP contribution in [-0.4, -0.2) is 24.4 Å². The van der Waals surface area contributed by atoms with Gasteiger partial charge in [0.05, 0.1) is 6.10 Å². The molecule has 1 aliphatic carbocycles. The van der Waals surface area contributed by atoms with Gasteiger partial charge in [0.15, 0.2) is 0 Å². The standard InChI is InChI=1S/C13H26O2/c1-10(2)9-15-7-6-12-8-11(3)4-5-13(12)14/h10-14H,4-9H2,1-3H3. The van der Waals surface area contributed by atoms with Crippen LogP contribution < -0.4 is 0 Å². The third kappa shape index (κ3) is 4.98. The number of ether oxygens (including phenoxy) is 1. The molecule has 2 nitrogen and oxygen atoms in total. The first-order valence-corrected chi connectivity index (χ1v) is 6.35. The van der Waals surface area contributed by atoms with Crippen molar-refractivity contribution >= 4 is 0 Å². The molecule has 15 heavy (non-hydrogen) atoms. The van der Waals surface area contributed by atoms with Gasteiger partial charge in [0.25, 0.3) is 0 Å². The molecule has 0 aromatic heterocycles. The normalized spacial score (nSPS) is 32.2. The van der Waals surface area contributed by atoms with E-state index < -0.39 is 0 Å². The van der Waals surface area contributed by atoms with Crippen molar-refractivity contribution in [3.63, 3.8) is 0 Å². The van der Waals surface area contributed by atoms with Crippen LogP contribution in [-0.2, 0) is 4.74 Å². The predicted molar refractivity (Wildman–Crippen MR) is 62.8 cm³/mol. The molecule has 90 valence electrons. The lowest BCUT2D eigenvalue weighted by atomic mass is 9.79. The molecular formula is C13H26O2. The summed E-state index contributed by atoms with van der Waals surface area (Å²) < 4.78 is 5.57. The predicted octanol–water partition coefficient (Wildman–Crippen LogP) is 2.85. The summed E-state index contributed by atoms with van der Waals surface area (Å²) in [5.74, 6) is 1.87. The van der Waals surface area contributed by atoms with E-state index in [4.69, 9.17) is 4.74 Å². The lowest BCUT2D eigenvalue weighted by Gasteiger charge is -2.31. The van der Waals surface area contributed by atoms with E-state index >= 15 is 0 Å². The zero-order chi connectivity index (χ0) is 11.3. The summed E-state index contributed by atoms with van der Waals surface area (Å²) in [4.78, 5) is 0. The highest BCUT2D eigenvalue weighted by Crippen LogP contribution is 2.31. The van der Waals surface area contributed by atoms with Gasteiger partial charge in [0, 0.05) is 13.2 Å². The Hall–Kier alpha value is -0.0800. The number of hydrogen-bond acceptors (Lipinski definition) is 2. The van der Waals surface area contributed by atoms with Crippen LogP contribution in [0.3, 0.4) is 0 Å². The van der Waals surface area contributed by atoms with Gasteiger partial charge in [0.1, 0.15) is 0 Å². The van der Waals surface area contributed by atoms with Crippen LogP contribution >= 0.6 is 0 Å². The van der Waals surface area contributed by atoms with Gasteiger partial charge in [-0.2, -0.15) is 0 Å². The Morgan fingerprint density at radius 3 is 2.73 bits per heavy atom. The Bertz CT molecular complexity index is 168. The second-order valence-corrected chi connectivity index (χ2v) is 5.50. The van der Waals surface area contributed by atoms with E-state index in [1.54, 1.807) is 0 Å². The van der Waals surface area contributed by atoms with Crippen molar-refractivity contribution < 1.29 is 9.84 Å². The maximum atomic E-state index is 9.84. The molecule has 0 aliphatic heterocycles. The van der Waals surface area contributed by atoms with E-state index in [1.165, 1.54) is 12.8 Å². The Balaban J connectivity index is 2.13. The third-order valence-electron chi connectivity index (χ3n) is 3.29. The van der Waals surface area contributed by atoms with Gasteiger partial charge in [-0.3, -0.25) is 0 Å². The van der Waals surface area contributed by atoms with Crippen molar-refractivity contribution in [2.75, 3.05) is 13.2 Å². The number of aliphatic hydroxyl groups is 1. The number of aliphatic hydroxyl groups excluding tert-OH is 1. The summed E-state index contributed by atoms with van der Waals surface area (Å²) in [5, 5.41) is 9.84. The number of rotatable bonds is 5. The fraction of sp³-hybridized carbons (Fsp3) is 1.00. The second kappa shape index (κ2) is 6.49. The van der Waals surface area contributed by atoms with Crippen molar-refractivity contribution in [1.82, 2.24) is 0 Å². The highest BCUT2D eigenvalue weighted by molar-refractivity contribution is 4.77. The Morgan fingerprint density at radius 1 is 1.33 bits per heavy atom. The average molecular weight is 214 g/mol. The first-order valence-electron chi connectivity index (χ1n) is 6.35. The topological polar surface area (TPSA) is 29.5 Å². The molecule has 1 aliphatic rings. The van der Waals surface area contributed by atoms with Gasteiger partial charge in [0.2, 0.25) is 0 Å². The van der Waals surface area contributed by atoms with Gasteiger partial charge >= 0.3 is 0 Å². The molecule has 0 bridgehead atoms. The molecule has 1 N–H and O–H groups in total. The molecule has 0 radical (unpaired) electrons. The van der Waals surface area contributed by atoms with Gasteiger partial charge < -0.3 is 9.84 Å². The zero-order valence-electron chi connectivity index (χ0n) is 10.4. The van der Waals surface area contributed by atoms with Crippen molar-refractivity contribution in [1.29, 1.82) is 0 Å². The lowest BCUT2D eigenvalue weighted by Crippen LogP contribution is -2.29. The molecule has 1 saturated carbocycles. The minimum Gasteiger partial charge on any atom is -0.393 e. The van der Waals surface area contributed by atoms with Crippen molar-refractivity contribution in [2.45, 2.75) is 52.6 Å². The zero-order valence-corrected chi connectivity index (χ0v) is 10.4. The van der Waals surface area contributed by atoms with Crippen LogP contribution in [0.25, 0.3) is 0 Å². The number of hydrogen-bond donors (Lipinski definition) is 1. The van der Waals surface area contributed by atoms with Crippen molar-refractivity contribution in [2.24, 2.45) is 17.8 Å². The summed E-state index contributed by atoms with van der Waals surface area (Å²) in [7, 11) is 0. The third-order valence-corrected chi connectivity index (χ3v) is 3.29. The Morgan fingerprint density at radius 2 is 2.07 bits per heavy atom. The van der Waals surface area contributed by atoms with Gasteiger partial charge in [-0.25, -0.2) is 0 Å². The molecule has 1 fully saturated rings. The van der Waals surface area contributed by atoms with Crippen LogP contribution in [0.5, 0.6) is 0 Å². The van der Waals surface area contributed by atoms with Crippen LogP contribution in [0.15, 0.2) is 0 Å². The van der Waals surface area contributed by atoms with E-state index in [1.807, 2.05) is 0 Å². The van der Waals surface area contributed by atoms with Crippen LogP contribution in [0.4, 0.5) is 0 Å². The summed E-state index contributed by atoms with van der Waals surface area (Å²) in [6.45, 7) is 8.27. The van der Waals surface area contributed by atoms with E-state index in [0.717, 1.165) is 32.0 Å². The first kappa shape index (κ1) is 13.0. The maximum absolute atomic E-state index is 9.84. The van der Waals surface area contributed by atoms with Crippen molar-refractivity contribution in [3.05, 3.63) is 0 Å². The highest BCUT2D eigenvalue weighted by Gasteiger charge is 2.26. The van der Waals surface area contributed by atoms with Crippen molar-refractivity contribution in [3.8, 4) is 0 Å². The summed E-state index contributed by atoms with van der Waals surface area (Å²) in [6.07, 6.45) is 4.29. The summed E-state index contributed by atoms with van der Waals surface area (Å²) >= 11 is 0. The molecule has 0 aromatic rings. The summed E-state index contributed by atoms with van der Waals surface area (Å²) in [6, 6.07) is 0. The van der Waals surface area contributed by atoms with Gasteiger partial charge in [-0.15, -0.1) is 0 Å². The summed E-state index contributed by atoms with van der Waals surface area (Å²) in [5.41, 5.74) is 0. The molecule has 0 saturated heterocycles. The minimum atomic E-state index is -0.0798. The molecule has 1 rings (SSSR count). The molecule has 0 aromatic carbocycles. The molecule has 0 heterocycles.